The van der Waals surface area contributed by atoms with Crippen LogP contribution in [0.3, 0.4) is 0 Å². The van der Waals surface area contributed by atoms with E-state index in [0.717, 1.165) is 43.0 Å². The van der Waals surface area contributed by atoms with Crippen LogP contribution in [-0.2, 0) is 11.0 Å². The van der Waals surface area contributed by atoms with E-state index in [2.05, 4.69) is 26.0 Å². The van der Waals surface area contributed by atoms with Crippen molar-refractivity contribution in [1.29, 1.82) is 0 Å². The van der Waals surface area contributed by atoms with Crippen LogP contribution in [0.1, 0.15) is 43.4 Å². The normalized spacial score (nSPS) is 26.8. The fourth-order valence-corrected chi connectivity index (χ4v) is 3.90. The third-order valence-corrected chi connectivity index (χ3v) is 5.38. The number of oxime groups is 1. The summed E-state index contributed by atoms with van der Waals surface area (Å²) in [4.78, 5) is 7.72. The first-order valence-electron chi connectivity index (χ1n) is 8.14. The van der Waals surface area contributed by atoms with Gasteiger partial charge in [-0.1, -0.05) is 17.3 Å². The van der Waals surface area contributed by atoms with Gasteiger partial charge in [-0.15, -0.1) is 0 Å². The molecule has 0 bridgehead atoms. The standard InChI is InChI=1S/C17H20BrF3N2O/c1-11(12-4-2-6-14(8-12)17(19,20)21)23-7-3-5-13(10-23)15-9-16(18)22-24-15/h2,4,6,8,11,13,15H,3,5,7,9-10H2,1H3/t11-,13?,15?/m1/s1. The van der Waals surface area contributed by atoms with Crippen LogP contribution in [0, 0.1) is 5.92 Å². The number of alkyl halides is 3. The van der Waals surface area contributed by atoms with E-state index in [-0.39, 0.29) is 12.1 Å². The average Bonchev–Trinajstić information content (AvgIpc) is 3.00. The highest BCUT2D eigenvalue weighted by atomic mass is 79.9. The van der Waals surface area contributed by atoms with E-state index in [1.54, 1.807) is 6.07 Å². The van der Waals surface area contributed by atoms with E-state index in [0.29, 0.717) is 11.5 Å². The lowest BCUT2D eigenvalue weighted by molar-refractivity contribution is -0.137. The van der Waals surface area contributed by atoms with Crippen LogP contribution in [0.15, 0.2) is 29.4 Å². The molecule has 0 N–H and O–H groups in total. The molecule has 7 heteroatoms. The van der Waals surface area contributed by atoms with Crippen molar-refractivity contribution in [2.24, 2.45) is 11.1 Å². The summed E-state index contributed by atoms with van der Waals surface area (Å²) in [5.74, 6) is 0.353. The van der Waals surface area contributed by atoms with Gasteiger partial charge in [0.2, 0.25) is 0 Å². The van der Waals surface area contributed by atoms with Crippen molar-refractivity contribution in [1.82, 2.24) is 4.90 Å². The Morgan fingerprint density at radius 2 is 2.17 bits per heavy atom. The fourth-order valence-electron chi connectivity index (χ4n) is 3.50. The Labute approximate surface area is 148 Å². The molecule has 1 saturated heterocycles. The van der Waals surface area contributed by atoms with Gasteiger partial charge in [0.15, 0.2) is 0 Å². The lowest BCUT2D eigenvalue weighted by atomic mass is 9.89. The first-order valence-corrected chi connectivity index (χ1v) is 8.93. The van der Waals surface area contributed by atoms with Crippen LogP contribution in [0.4, 0.5) is 13.2 Å². The topological polar surface area (TPSA) is 24.8 Å². The lowest BCUT2D eigenvalue weighted by Gasteiger charge is -2.38. The highest BCUT2D eigenvalue weighted by molar-refractivity contribution is 9.18. The molecule has 1 aromatic rings. The molecule has 2 aliphatic rings. The Morgan fingerprint density at radius 3 is 2.83 bits per heavy atom. The molecule has 0 spiro atoms. The molecular formula is C17H20BrF3N2O. The molecule has 2 unspecified atom stereocenters. The Kier molecular flexibility index (Phi) is 5.20. The third kappa shape index (κ3) is 3.94. The minimum Gasteiger partial charge on any atom is -0.391 e. The summed E-state index contributed by atoms with van der Waals surface area (Å²) in [5.41, 5.74) is 0.118. The second-order valence-electron chi connectivity index (χ2n) is 6.51. The number of benzene rings is 1. The average molecular weight is 405 g/mol. The number of likely N-dealkylation sites (tertiary alicyclic amines) is 1. The third-order valence-electron chi connectivity index (χ3n) is 4.92. The molecule has 132 valence electrons. The van der Waals surface area contributed by atoms with E-state index in [9.17, 15) is 13.2 Å². The van der Waals surface area contributed by atoms with Crippen LogP contribution in [-0.4, -0.2) is 28.7 Å². The predicted octanol–water partition coefficient (Wildman–Crippen LogP) is 4.98. The van der Waals surface area contributed by atoms with Gasteiger partial charge in [0.25, 0.3) is 0 Å². The van der Waals surface area contributed by atoms with Crippen LogP contribution in [0.5, 0.6) is 0 Å². The summed E-state index contributed by atoms with van der Waals surface area (Å²) < 4.78 is 39.6. The summed E-state index contributed by atoms with van der Waals surface area (Å²) in [7, 11) is 0. The Balaban J connectivity index is 1.69. The Morgan fingerprint density at radius 1 is 1.38 bits per heavy atom. The van der Waals surface area contributed by atoms with Gasteiger partial charge in [-0.2, -0.15) is 13.2 Å². The predicted molar refractivity (Wildman–Crippen MR) is 90.0 cm³/mol. The molecule has 1 fully saturated rings. The van der Waals surface area contributed by atoms with Gasteiger partial charge in [-0.3, -0.25) is 4.90 Å². The van der Waals surface area contributed by atoms with E-state index in [1.165, 1.54) is 12.1 Å². The number of hydrogen-bond acceptors (Lipinski definition) is 3. The van der Waals surface area contributed by atoms with Crippen molar-refractivity contribution in [2.45, 2.75) is 44.5 Å². The first-order chi connectivity index (χ1) is 11.3. The highest BCUT2D eigenvalue weighted by Gasteiger charge is 2.35. The molecule has 3 nitrogen and oxygen atoms in total. The number of piperidine rings is 1. The maximum atomic E-state index is 12.9. The van der Waals surface area contributed by atoms with Crippen molar-refractivity contribution >= 4 is 20.6 Å². The minimum absolute atomic E-state index is 0.0548. The second kappa shape index (κ2) is 7.04. The zero-order valence-electron chi connectivity index (χ0n) is 13.4. The minimum atomic E-state index is -4.30. The lowest BCUT2D eigenvalue weighted by Crippen LogP contribution is -2.41. The number of halogens is 4. The molecule has 0 amide bonds. The smallest absolute Gasteiger partial charge is 0.391 e. The van der Waals surface area contributed by atoms with Gasteiger partial charge in [-0.25, -0.2) is 0 Å². The maximum absolute atomic E-state index is 12.9. The molecule has 3 atom stereocenters. The molecular weight excluding hydrogens is 385 g/mol. The van der Waals surface area contributed by atoms with Crippen molar-refractivity contribution in [2.75, 3.05) is 13.1 Å². The highest BCUT2D eigenvalue weighted by Crippen LogP contribution is 2.35. The van der Waals surface area contributed by atoms with E-state index >= 15 is 0 Å². The quantitative estimate of drug-likeness (QED) is 0.709. The van der Waals surface area contributed by atoms with E-state index in [4.69, 9.17) is 4.84 Å². The molecule has 0 aliphatic carbocycles. The van der Waals surface area contributed by atoms with Crippen LogP contribution < -0.4 is 0 Å². The largest absolute Gasteiger partial charge is 0.416 e. The molecule has 0 saturated carbocycles. The van der Waals surface area contributed by atoms with Crippen LogP contribution >= 0.6 is 15.9 Å². The molecule has 24 heavy (non-hydrogen) atoms. The fraction of sp³-hybridized carbons (Fsp3) is 0.588. The zero-order chi connectivity index (χ0) is 17.3. The van der Waals surface area contributed by atoms with Gasteiger partial charge >= 0.3 is 6.18 Å². The van der Waals surface area contributed by atoms with Crippen molar-refractivity contribution in [3.05, 3.63) is 35.4 Å². The summed E-state index contributed by atoms with van der Waals surface area (Å²) in [6, 6.07) is 5.59. The van der Waals surface area contributed by atoms with Gasteiger partial charge < -0.3 is 4.84 Å². The van der Waals surface area contributed by atoms with Crippen LogP contribution in [0.2, 0.25) is 0 Å². The Bertz CT molecular complexity index is 620. The monoisotopic (exact) mass is 404 g/mol. The Hall–Kier alpha value is -1.08. The SMILES string of the molecule is C[C@H](c1cccc(C(F)(F)F)c1)N1CCCC(C2CC(Br)=NO2)C1. The van der Waals surface area contributed by atoms with Crippen molar-refractivity contribution in [3.63, 3.8) is 0 Å². The summed E-state index contributed by atoms with van der Waals surface area (Å²) in [5, 5.41) is 3.95. The molecule has 0 radical (unpaired) electrons. The first kappa shape index (κ1) is 17.7. The van der Waals surface area contributed by atoms with Gasteiger partial charge in [0, 0.05) is 24.9 Å². The van der Waals surface area contributed by atoms with Crippen molar-refractivity contribution < 1.29 is 18.0 Å². The maximum Gasteiger partial charge on any atom is 0.416 e. The molecule has 2 heterocycles. The summed E-state index contributed by atoms with van der Waals surface area (Å²) in [6.07, 6.45) is -1.38. The second-order valence-corrected chi connectivity index (χ2v) is 7.43. The molecule has 1 aromatic carbocycles. The number of hydrogen-bond donors (Lipinski definition) is 0. The van der Waals surface area contributed by atoms with Gasteiger partial charge in [-0.05, 0) is 59.9 Å². The molecule has 0 aromatic heterocycles. The summed E-state index contributed by atoms with van der Waals surface area (Å²) in [6.45, 7) is 3.68. The summed E-state index contributed by atoms with van der Waals surface area (Å²) >= 11 is 3.36. The van der Waals surface area contributed by atoms with Crippen molar-refractivity contribution in [3.8, 4) is 0 Å². The van der Waals surface area contributed by atoms with Gasteiger partial charge in [0.05, 0.1) is 5.56 Å². The molecule has 2 aliphatic heterocycles. The molecule has 3 rings (SSSR count). The van der Waals surface area contributed by atoms with E-state index < -0.39 is 11.7 Å². The van der Waals surface area contributed by atoms with Crippen LogP contribution in [0.25, 0.3) is 0 Å². The van der Waals surface area contributed by atoms with E-state index in [1.807, 2.05) is 6.92 Å². The van der Waals surface area contributed by atoms with Gasteiger partial charge in [0.1, 0.15) is 10.7 Å². The number of rotatable bonds is 3. The number of nitrogens with zero attached hydrogens (tertiary/aromatic N) is 2. The zero-order valence-corrected chi connectivity index (χ0v) is 15.0.